The predicted molar refractivity (Wildman–Crippen MR) is 85.1 cm³/mol. The van der Waals surface area contributed by atoms with Gasteiger partial charge in [0.25, 0.3) is 0 Å². The van der Waals surface area contributed by atoms with Crippen LogP contribution in [0.1, 0.15) is 31.2 Å². The molecule has 22 heavy (non-hydrogen) atoms. The molecule has 1 aromatic carbocycles. The number of anilines is 1. The molecule has 0 spiro atoms. The zero-order valence-corrected chi connectivity index (χ0v) is 12.5. The molecule has 0 unspecified atom stereocenters. The first-order valence-corrected chi connectivity index (χ1v) is 7.59. The minimum Gasteiger partial charge on any atom is -0.465 e. The number of nitrogens with zero attached hydrogens (tertiary/aromatic N) is 2. The van der Waals surface area contributed by atoms with Gasteiger partial charge in [-0.2, -0.15) is 0 Å². The van der Waals surface area contributed by atoms with E-state index in [9.17, 15) is 4.79 Å². The maximum Gasteiger partial charge on any atom is 0.404 e. The molecule has 0 aliphatic heterocycles. The predicted octanol–water partition coefficient (Wildman–Crippen LogP) is 2.93. The van der Waals surface area contributed by atoms with Crippen molar-refractivity contribution < 1.29 is 9.90 Å². The summed E-state index contributed by atoms with van der Waals surface area (Å²) in [6.45, 7) is 2.05. The van der Waals surface area contributed by atoms with Crippen LogP contribution in [0.5, 0.6) is 0 Å². The highest BCUT2D eigenvalue weighted by Crippen LogP contribution is 2.25. The van der Waals surface area contributed by atoms with E-state index >= 15 is 0 Å². The van der Waals surface area contributed by atoms with Gasteiger partial charge in [-0.15, -0.1) is 0 Å². The average molecular weight is 300 g/mol. The number of amides is 1. The lowest BCUT2D eigenvalue weighted by Crippen LogP contribution is -2.39. The molecule has 6 heteroatoms. The Morgan fingerprint density at radius 1 is 1.18 bits per heavy atom. The number of nitrogens with one attached hydrogen (secondary N) is 2. The summed E-state index contributed by atoms with van der Waals surface area (Å²) >= 11 is 0. The molecule has 1 fully saturated rings. The smallest absolute Gasteiger partial charge is 0.404 e. The largest absolute Gasteiger partial charge is 0.465 e. The van der Waals surface area contributed by atoms with Crippen LogP contribution in [0.15, 0.2) is 24.5 Å². The Balaban J connectivity index is 1.69. The number of rotatable bonds is 3. The number of hydrogen-bond donors (Lipinski definition) is 3. The Hall–Kier alpha value is -2.37. The lowest BCUT2D eigenvalue weighted by atomic mass is 9.91. The van der Waals surface area contributed by atoms with Crippen molar-refractivity contribution in [3.05, 3.63) is 30.1 Å². The number of fused-ring (bicyclic) bond motifs is 1. The lowest BCUT2D eigenvalue weighted by molar-refractivity contribution is 0.185. The Morgan fingerprint density at radius 2 is 1.91 bits per heavy atom. The summed E-state index contributed by atoms with van der Waals surface area (Å²) in [7, 11) is 0. The number of aromatic nitrogens is 2. The van der Waals surface area contributed by atoms with Gasteiger partial charge in [0, 0.05) is 17.5 Å². The molecule has 1 heterocycles. The van der Waals surface area contributed by atoms with Crippen molar-refractivity contribution in [2.75, 3.05) is 5.32 Å². The van der Waals surface area contributed by atoms with Crippen molar-refractivity contribution in [3.8, 4) is 0 Å². The first-order chi connectivity index (χ1) is 10.6. The summed E-state index contributed by atoms with van der Waals surface area (Å²) in [5.41, 5.74) is 2.11. The van der Waals surface area contributed by atoms with E-state index < -0.39 is 6.09 Å². The summed E-state index contributed by atoms with van der Waals surface area (Å²) in [4.78, 5) is 19.3. The van der Waals surface area contributed by atoms with Crippen molar-refractivity contribution in [1.29, 1.82) is 0 Å². The van der Waals surface area contributed by atoms with E-state index in [2.05, 4.69) is 33.6 Å². The Morgan fingerprint density at radius 3 is 2.64 bits per heavy atom. The Kier molecular flexibility index (Phi) is 4.09. The van der Waals surface area contributed by atoms with Gasteiger partial charge in [-0.25, -0.2) is 14.8 Å². The fraction of sp³-hybridized carbons (Fsp3) is 0.438. The second kappa shape index (κ2) is 6.17. The molecule has 0 atom stereocenters. The molecule has 1 aliphatic rings. The maximum atomic E-state index is 10.7. The van der Waals surface area contributed by atoms with Gasteiger partial charge < -0.3 is 15.7 Å². The molecule has 1 aliphatic carbocycles. The van der Waals surface area contributed by atoms with Gasteiger partial charge in [-0.1, -0.05) is 11.6 Å². The zero-order chi connectivity index (χ0) is 15.5. The third kappa shape index (κ3) is 3.27. The second-order valence-electron chi connectivity index (χ2n) is 5.89. The second-order valence-corrected chi connectivity index (χ2v) is 5.89. The molecule has 3 N–H and O–H groups in total. The van der Waals surface area contributed by atoms with Gasteiger partial charge in [0.2, 0.25) is 0 Å². The number of carboxylic acid groups (broad SMARTS) is 1. The number of hydrogen-bond acceptors (Lipinski definition) is 4. The van der Waals surface area contributed by atoms with E-state index in [1.807, 2.05) is 12.1 Å². The van der Waals surface area contributed by atoms with E-state index in [0.717, 1.165) is 42.4 Å². The Bertz CT molecular complexity index is 681. The van der Waals surface area contributed by atoms with Gasteiger partial charge in [0.15, 0.2) is 0 Å². The van der Waals surface area contributed by atoms with Crippen molar-refractivity contribution in [2.45, 2.75) is 44.7 Å². The monoisotopic (exact) mass is 300 g/mol. The van der Waals surface area contributed by atoms with Crippen molar-refractivity contribution in [3.63, 3.8) is 0 Å². The van der Waals surface area contributed by atoms with Gasteiger partial charge >= 0.3 is 6.09 Å². The van der Waals surface area contributed by atoms with Crippen LogP contribution >= 0.6 is 0 Å². The van der Waals surface area contributed by atoms with E-state index in [1.54, 1.807) is 6.33 Å². The third-order valence-corrected chi connectivity index (χ3v) is 4.19. The quantitative estimate of drug-likeness (QED) is 0.811. The van der Waals surface area contributed by atoms with Crippen LogP contribution in [-0.2, 0) is 0 Å². The minimum absolute atomic E-state index is 0.0694. The van der Waals surface area contributed by atoms with Crippen LogP contribution in [-0.4, -0.2) is 33.3 Å². The number of benzene rings is 1. The van der Waals surface area contributed by atoms with Crippen molar-refractivity contribution in [1.82, 2.24) is 15.3 Å². The molecular formula is C16H20N4O2. The molecule has 1 aromatic heterocycles. The van der Waals surface area contributed by atoms with Crippen LogP contribution in [0, 0.1) is 6.92 Å². The van der Waals surface area contributed by atoms with Crippen LogP contribution in [0.4, 0.5) is 10.6 Å². The van der Waals surface area contributed by atoms with E-state index in [0.29, 0.717) is 6.04 Å². The molecule has 2 aromatic rings. The van der Waals surface area contributed by atoms with Gasteiger partial charge in [-0.3, -0.25) is 0 Å². The molecule has 1 saturated carbocycles. The van der Waals surface area contributed by atoms with Crippen molar-refractivity contribution in [2.24, 2.45) is 0 Å². The Labute approximate surface area is 129 Å². The topological polar surface area (TPSA) is 87.1 Å². The SMILES string of the molecule is Cc1ccc2ncnc(NC3CCC(NC(=O)O)CC3)c2c1. The normalized spacial score (nSPS) is 21.5. The number of aryl methyl sites for hydroxylation is 1. The molecule has 0 radical (unpaired) electrons. The van der Waals surface area contributed by atoms with Crippen molar-refractivity contribution >= 4 is 22.8 Å². The first-order valence-electron chi connectivity index (χ1n) is 7.59. The van der Waals surface area contributed by atoms with Gasteiger partial charge in [0.05, 0.1) is 5.52 Å². The number of carbonyl (C=O) groups is 1. The fourth-order valence-corrected chi connectivity index (χ4v) is 3.04. The molecule has 1 amide bonds. The fourth-order valence-electron chi connectivity index (χ4n) is 3.04. The third-order valence-electron chi connectivity index (χ3n) is 4.19. The van der Waals surface area contributed by atoms with Crippen LogP contribution in [0.25, 0.3) is 10.9 Å². The van der Waals surface area contributed by atoms with Crippen LogP contribution < -0.4 is 10.6 Å². The summed E-state index contributed by atoms with van der Waals surface area (Å²) in [6, 6.07) is 6.54. The van der Waals surface area contributed by atoms with Gasteiger partial charge in [0.1, 0.15) is 12.1 Å². The van der Waals surface area contributed by atoms with E-state index in [1.165, 1.54) is 5.56 Å². The molecule has 0 saturated heterocycles. The average Bonchev–Trinajstić information content (AvgIpc) is 2.49. The summed E-state index contributed by atoms with van der Waals surface area (Å²) < 4.78 is 0. The maximum absolute atomic E-state index is 10.7. The first kappa shape index (κ1) is 14.6. The highest BCUT2D eigenvalue weighted by Gasteiger charge is 2.22. The lowest BCUT2D eigenvalue weighted by Gasteiger charge is -2.29. The summed E-state index contributed by atoms with van der Waals surface area (Å²) in [6.07, 6.45) is 4.22. The van der Waals surface area contributed by atoms with Crippen LogP contribution in [0.2, 0.25) is 0 Å². The molecule has 116 valence electrons. The summed E-state index contributed by atoms with van der Waals surface area (Å²) in [5, 5.41) is 15.9. The van der Waals surface area contributed by atoms with E-state index in [4.69, 9.17) is 5.11 Å². The van der Waals surface area contributed by atoms with E-state index in [-0.39, 0.29) is 6.04 Å². The molecule has 3 rings (SSSR count). The van der Waals surface area contributed by atoms with Crippen LogP contribution in [0.3, 0.4) is 0 Å². The van der Waals surface area contributed by atoms with Gasteiger partial charge in [-0.05, 0) is 44.7 Å². The molecule has 0 bridgehead atoms. The highest BCUT2D eigenvalue weighted by molar-refractivity contribution is 5.89. The standard InChI is InChI=1S/C16H20N4O2/c1-10-2-7-14-13(8-10)15(18-9-17-14)19-11-3-5-12(6-4-11)20-16(21)22/h2,7-9,11-12,20H,3-6H2,1H3,(H,21,22)(H,17,18,19). The minimum atomic E-state index is -0.936. The zero-order valence-electron chi connectivity index (χ0n) is 12.5. The summed E-state index contributed by atoms with van der Waals surface area (Å²) in [5.74, 6) is 0.864. The highest BCUT2D eigenvalue weighted by atomic mass is 16.4. The molecule has 6 nitrogen and oxygen atoms in total. The molecular weight excluding hydrogens is 280 g/mol.